The Kier molecular flexibility index (Phi) is 10.8. The molecule has 4 atom stereocenters. The highest BCUT2D eigenvalue weighted by Gasteiger charge is 2.42. The topological polar surface area (TPSA) is 129 Å². The molecule has 0 radical (unpaired) electrons. The Balaban J connectivity index is 0.000000480. The molecule has 5 aromatic rings. The average Bonchev–Trinajstić information content (AvgIpc) is 3.98. The van der Waals surface area contributed by atoms with E-state index >= 15 is 4.39 Å². The van der Waals surface area contributed by atoms with Crippen molar-refractivity contribution in [3.05, 3.63) is 58.7 Å². The number of aryl methyl sites for hydroxylation is 2. The molecule has 3 aromatic heterocycles. The van der Waals surface area contributed by atoms with Crippen LogP contribution in [-0.4, -0.2) is 92.9 Å². The van der Waals surface area contributed by atoms with Gasteiger partial charge >= 0.3 is 18.2 Å². The number of carbonyl (C=O) groups excluding carboxylic acids is 1. The van der Waals surface area contributed by atoms with Crippen LogP contribution < -0.4 is 15.4 Å². The van der Waals surface area contributed by atoms with Crippen LogP contribution in [-0.2, 0) is 6.18 Å². The van der Waals surface area contributed by atoms with Crippen LogP contribution in [0.1, 0.15) is 62.2 Å². The van der Waals surface area contributed by atoms with E-state index in [1.165, 1.54) is 24.5 Å². The van der Waals surface area contributed by atoms with E-state index in [1.54, 1.807) is 36.8 Å². The van der Waals surface area contributed by atoms with Gasteiger partial charge in [0.25, 0.3) is 0 Å². The number of nitrogens with two attached hydrogens (primary N) is 1. The first-order valence-corrected chi connectivity index (χ1v) is 19.4. The molecule has 302 valence electrons. The number of methoxy groups -OCH3 is 1. The lowest BCUT2D eigenvalue weighted by Gasteiger charge is -2.34. The number of fused-ring (bicyclic) bond motifs is 3. The van der Waals surface area contributed by atoms with Crippen LogP contribution in [0.4, 0.5) is 42.0 Å². The number of halogens is 6. The van der Waals surface area contributed by atoms with Gasteiger partial charge in [-0.2, -0.15) is 28.4 Å². The number of likely N-dealkylation sites (tertiary alicyclic amines) is 1. The van der Waals surface area contributed by atoms with E-state index in [9.17, 15) is 32.0 Å². The van der Waals surface area contributed by atoms with Gasteiger partial charge in [0, 0.05) is 48.2 Å². The van der Waals surface area contributed by atoms with Gasteiger partial charge in [0.2, 0.25) is 0 Å². The molecular weight excluding hydrogens is 773 g/mol. The number of imidazole rings is 1. The first-order chi connectivity index (χ1) is 27.1. The van der Waals surface area contributed by atoms with Crippen molar-refractivity contribution < 1.29 is 35.9 Å². The number of hydrogen-bond acceptors (Lipinski definition) is 10. The fourth-order valence-corrected chi connectivity index (χ4v) is 9.57. The second-order valence-electron chi connectivity index (χ2n) is 14.6. The lowest BCUT2D eigenvalue weighted by Crippen LogP contribution is -2.47. The van der Waals surface area contributed by atoms with Crippen molar-refractivity contribution in [3.63, 3.8) is 0 Å². The van der Waals surface area contributed by atoms with Crippen molar-refractivity contribution in [3.8, 4) is 23.2 Å². The van der Waals surface area contributed by atoms with Gasteiger partial charge in [-0.25, -0.2) is 22.9 Å². The number of likely N-dealkylation sites (N-methyl/N-ethyl adjacent to an activating group) is 1. The molecule has 3 fully saturated rings. The highest BCUT2D eigenvalue weighted by molar-refractivity contribution is 7.23. The zero-order valence-corrected chi connectivity index (χ0v) is 32.7. The van der Waals surface area contributed by atoms with E-state index < -0.39 is 52.7 Å². The second-order valence-corrected chi connectivity index (χ2v) is 15.6. The summed E-state index contributed by atoms with van der Waals surface area (Å²) in [4.78, 5) is 32.0. The molecule has 0 saturated carbocycles. The van der Waals surface area contributed by atoms with Gasteiger partial charge in [0.1, 0.15) is 40.2 Å². The number of amides is 1. The van der Waals surface area contributed by atoms with Crippen LogP contribution in [0.5, 0.6) is 6.01 Å². The van der Waals surface area contributed by atoms with E-state index in [2.05, 4.69) is 19.9 Å². The molecule has 0 aliphatic carbocycles. The van der Waals surface area contributed by atoms with Crippen LogP contribution in [0, 0.1) is 36.8 Å². The molecule has 6 heterocycles. The SMILES string of the molecule is CCN(c1nc(OC)nc2c(F)c(-c3ccc(F)c4sc(N)c(C#N)c34)c(C(F)(F)F)cc12)C1CCN(C(=O)n2cc(C)nc2C)C1C.FC1CC2CCCN2C1. The Morgan fingerprint density at radius 3 is 2.54 bits per heavy atom. The Morgan fingerprint density at radius 2 is 1.91 bits per heavy atom. The summed E-state index contributed by atoms with van der Waals surface area (Å²) < 4.78 is 95.5. The van der Waals surface area contributed by atoms with E-state index in [4.69, 9.17) is 10.5 Å². The molecule has 11 nitrogen and oxygen atoms in total. The number of benzene rings is 2. The highest BCUT2D eigenvalue weighted by atomic mass is 32.1. The lowest BCUT2D eigenvalue weighted by molar-refractivity contribution is -0.137. The number of nitriles is 1. The Hall–Kier alpha value is -5.15. The predicted molar refractivity (Wildman–Crippen MR) is 205 cm³/mol. The Bertz CT molecular complexity index is 2400. The van der Waals surface area contributed by atoms with E-state index in [0.29, 0.717) is 48.4 Å². The zero-order valence-electron chi connectivity index (χ0n) is 31.9. The first-order valence-electron chi connectivity index (χ1n) is 18.6. The Labute approximate surface area is 328 Å². The second kappa shape index (κ2) is 15.3. The first kappa shape index (κ1) is 40.1. The van der Waals surface area contributed by atoms with Gasteiger partial charge < -0.3 is 20.3 Å². The third-order valence-corrected chi connectivity index (χ3v) is 12.2. The summed E-state index contributed by atoms with van der Waals surface area (Å²) in [5.41, 5.74) is 3.21. The maximum absolute atomic E-state index is 16.8. The average molecular weight is 814 g/mol. The minimum Gasteiger partial charge on any atom is -0.467 e. The molecule has 3 saturated heterocycles. The Morgan fingerprint density at radius 1 is 1.16 bits per heavy atom. The highest BCUT2D eigenvalue weighted by Crippen LogP contribution is 2.48. The summed E-state index contributed by atoms with van der Waals surface area (Å²) >= 11 is 0.685. The molecule has 3 aliphatic rings. The van der Waals surface area contributed by atoms with Crippen LogP contribution in [0.15, 0.2) is 24.4 Å². The number of rotatable bonds is 5. The van der Waals surface area contributed by atoms with Gasteiger partial charge in [-0.1, -0.05) is 6.07 Å². The van der Waals surface area contributed by atoms with Crippen molar-refractivity contribution in [2.75, 3.05) is 43.9 Å². The number of nitrogens with zero attached hydrogens (tertiary/aromatic N) is 8. The fourth-order valence-electron chi connectivity index (χ4n) is 8.63. The molecule has 0 bridgehead atoms. The van der Waals surface area contributed by atoms with Gasteiger partial charge in [-0.05, 0) is 77.6 Å². The molecule has 2 aromatic carbocycles. The molecule has 1 amide bonds. The molecule has 3 aliphatic heterocycles. The number of aromatic nitrogens is 4. The molecule has 2 N–H and O–H groups in total. The van der Waals surface area contributed by atoms with Crippen molar-refractivity contribution in [1.82, 2.24) is 29.3 Å². The molecule has 4 unspecified atom stereocenters. The fraction of sp³-hybridized carbons (Fsp3) is 0.462. The standard InChI is InChI=1S/C32H29F5N8O2S.C7H12FN/c1-6-43(22-9-10-44(15(22)3)31(46)45-13-14(2)40-16(45)4)29-18-11-20(32(35,36)37)24(25(34)26(18)41-30(42-29)47-5)17-7-8-21(33)27-23(17)19(12-38)28(39)48-27;8-6-4-7-2-1-3-9(7)5-6/h7-8,11,13,15,22H,6,9-10,39H2,1-5H3;6-7H,1-5H2. The maximum atomic E-state index is 16.8. The third-order valence-electron chi connectivity index (χ3n) is 11.2. The molecule has 18 heteroatoms. The van der Waals surface area contributed by atoms with Crippen molar-refractivity contribution in [2.45, 2.75) is 83.9 Å². The molecule has 8 rings (SSSR count). The molecule has 0 spiro atoms. The molecule has 57 heavy (non-hydrogen) atoms. The number of thiophene rings is 1. The van der Waals surface area contributed by atoms with Gasteiger partial charge in [-0.15, -0.1) is 11.3 Å². The number of nitrogen functional groups attached to an aromatic ring is 1. The monoisotopic (exact) mass is 813 g/mol. The summed E-state index contributed by atoms with van der Waals surface area (Å²) in [6, 6.07) is 3.65. The van der Waals surface area contributed by atoms with Gasteiger partial charge in [0.15, 0.2) is 5.82 Å². The smallest absolute Gasteiger partial charge is 0.417 e. The molecular formula is C39H41F6N9O2S. The van der Waals surface area contributed by atoms with E-state index in [-0.39, 0.29) is 56.0 Å². The minimum atomic E-state index is -5.10. The third kappa shape index (κ3) is 7.09. The largest absolute Gasteiger partial charge is 0.467 e. The van der Waals surface area contributed by atoms with Crippen LogP contribution in [0.2, 0.25) is 0 Å². The van der Waals surface area contributed by atoms with Gasteiger partial charge in [-0.3, -0.25) is 9.47 Å². The van der Waals surface area contributed by atoms with E-state index in [0.717, 1.165) is 31.2 Å². The summed E-state index contributed by atoms with van der Waals surface area (Å²) in [5.74, 6) is -1.67. The normalized spacial score (nSPS) is 20.8. The number of hydrogen-bond donors (Lipinski definition) is 1. The van der Waals surface area contributed by atoms with Crippen LogP contribution >= 0.6 is 11.3 Å². The van der Waals surface area contributed by atoms with E-state index in [1.807, 2.05) is 13.0 Å². The quantitative estimate of drug-likeness (QED) is 0.175. The maximum Gasteiger partial charge on any atom is 0.417 e. The predicted octanol–water partition coefficient (Wildman–Crippen LogP) is 8.23. The van der Waals surface area contributed by atoms with Crippen molar-refractivity contribution in [1.29, 1.82) is 5.26 Å². The number of ether oxygens (including phenoxy) is 1. The number of anilines is 2. The summed E-state index contributed by atoms with van der Waals surface area (Å²) in [7, 11) is 1.25. The van der Waals surface area contributed by atoms with Crippen LogP contribution in [0.25, 0.3) is 32.1 Å². The lowest BCUT2D eigenvalue weighted by atomic mass is 9.92. The van der Waals surface area contributed by atoms with Crippen molar-refractivity contribution >= 4 is 49.2 Å². The number of carbonyl (C=O) groups is 1. The summed E-state index contributed by atoms with van der Waals surface area (Å²) in [6.07, 6.45) is -0.208. The van der Waals surface area contributed by atoms with Gasteiger partial charge in [0.05, 0.1) is 40.7 Å². The summed E-state index contributed by atoms with van der Waals surface area (Å²) in [6.45, 7) is 9.53. The summed E-state index contributed by atoms with van der Waals surface area (Å²) in [5, 5.41) is 9.17. The van der Waals surface area contributed by atoms with Crippen molar-refractivity contribution in [2.24, 2.45) is 0 Å². The zero-order chi connectivity index (χ0) is 41.1. The number of alkyl halides is 4. The van der Waals surface area contributed by atoms with Crippen LogP contribution in [0.3, 0.4) is 0 Å². The minimum absolute atomic E-state index is 0.0159.